The number of nitrogens with zero attached hydrogens (tertiary/aromatic N) is 1. The second-order valence-electron chi connectivity index (χ2n) is 3.83. The predicted molar refractivity (Wildman–Crippen MR) is 77.1 cm³/mol. The third kappa shape index (κ3) is 2.98. The summed E-state index contributed by atoms with van der Waals surface area (Å²) in [6.45, 7) is 0. The monoisotopic (exact) mass is 237 g/mol. The van der Waals surface area contributed by atoms with Gasteiger partial charge in [0.1, 0.15) is 5.84 Å². The zero-order valence-electron chi connectivity index (χ0n) is 9.95. The maximum atomic E-state index is 5.86. The van der Waals surface area contributed by atoms with Gasteiger partial charge in [-0.2, -0.15) is 0 Å². The lowest BCUT2D eigenvalue weighted by molar-refractivity contribution is 1.47. The van der Waals surface area contributed by atoms with Crippen molar-refractivity contribution in [2.24, 2.45) is 10.7 Å². The molecule has 2 rings (SSSR count). The average molecular weight is 237 g/mol. The zero-order valence-corrected chi connectivity index (χ0v) is 9.95. The normalized spacial score (nSPS) is 11.9. The third-order valence-corrected chi connectivity index (χ3v) is 2.53. The summed E-state index contributed by atoms with van der Waals surface area (Å²) in [6.07, 6.45) is 3.50. The highest BCUT2D eigenvalue weighted by atomic mass is 14.8. The Morgan fingerprint density at radius 2 is 1.61 bits per heavy atom. The summed E-state index contributed by atoms with van der Waals surface area (Å²) < 4.78 is 0. The highest BCUT2D eigenvalue weighted by molar-refractivity contribution is 5.97. The lowest BCUT2D eigenvalue weighted by Gasteiger charge is -1.99. The van der Waals surface area contributed by atoms with Crippen molar-refractivity contribution in [2.75, 3.05) is 5.73 Å². The fraction of sp³-hybridized carbons (Fsp3) is 0. The van der Waals surface area contributed by atoms with E-state index in [4.69, 9.17) is 11.5 Å². The predicted octanol–water partition coefficient (Wildman–Crippen LogP) is 2.65. The van der Waals surface area contributed by atoms with E-state index in [2.05, 4.69) is 4.99 Å². The lowest BCUT2D eigenvalue weighted by Crippen LogP contribution is -2.12. The lowest BCUT2D eigenvalue weighted by atomic mass is 10.2. The standard InChI is InChI=1S/C15H15N3/c16-14-9-5-4-6-12(14)10-11-18-15(17)13-7-2-1-3-8-13/h1-11H,16H2,(H2,17,18)/b11-10+. The minimum absolute atomic E-state index is 0.487. The first-order valence-electron chi connectivity index (χ1n) is 5.67. The van der Waals surface area contributed by atoms with Crippen molar-refractivity contribution >= 4 is 17.6 Å². The average Bonchev–Trinajstić information content (AvgIpc) is 2.42. The molecule has 0 aromatic heterocycles. The Bertz CT molecular complexity index is 571. The molecule has 0 saturated heterocycles. The number of amidine groups is 1. The van der Waals surface area contributed by atoms with E-state index in [1.54, 1.807) is 6.20 Å². The molecule has 0 aliphatic heterocycles. The number of aliphatic imine (C=N–C) groups is 1. The van der Waals surface area contributed by atoms with Crippen molar-refractivity contribution in [3.05, 3.63) is 71.9 Å². The molecule has 0 atom stereocenters. The van der Waals surface area contributed by atoms with Crippen LogP contribution in [-0.2, 0) is 0 Å². The molecule has 2 aromatic carbocycles. The van der Waals surface area contributed by atoms with Gasteiger partial charge in [0.05, 0.1) is 0 Å². The highest BCUT2D eigenvalue weighted by Gasteiger charge is 1.94. The van der Waals surface area contributed by atoms with Crippen LogP contribution in [0.2, 0.25) is 0 Å². The van der Waals surface area contributed by atoms with Crippen molar-refractivity contribution in [1.82, 2.24) is 0 Å². The van der Waals surface area contributed by atoms with Crippen LogP contribution in [0.1, 0.15) is 11.1 Å². The molecule has 0 bridgehead atoms. The van der Waals surface area contributed by atoms with Gasteiger partial charge in [-0.25, -0.2) is 4.99 Å². The number of nitrogen functional groups attached to an aromatic ring is 1. The van der Waals surface area contributed by atoms with Gasteiger partial charge in [-0.3, -0.25) is 0 Å². The van der Waals surface area contributed by atoms with E-state index in [-0.39, 0.29) is 0 Å². The topological polar surface area (TPSA) is 64.4 Å². The van der Waals surface area contributed by atoms with Gasteiger partial charge in [0, 0.05) is 17.5 Å². The molecule has 4 N–H and O–H groups in total. The molecule has 0 fully saturated rings. The molecular formula is C15H15N3. The summed E-state index contributed by atoms with van der Waals surface area (Å²) in [7, 11) is 0. The SMILES string of the molecule is NC(=N/C=C/c1ccccc1N)c1ccccc1. The molecule has 18 heavy (non-hydrogen) atoms. The smallest absolute Gasteiger partial charge is 0.130 e. The summed E-state index contributed by atoms with van der Waals surface area (Å²) in [5.74, 6) is 0.487. The molecule has 90 valence electrons. The summed E-state index contributed by atoms with van der Waals surface area (Å²) in [5, 5.41) is 0. The van der Waals surface area contributed by atoms with E-state index >= 15 is 0 Å². The molecule has 0 radical (unpaired) electrons. The van der Waals surface area contributed by atoms with Gasteiger partial charge >= 0.3 is 0 Å². The molecular weight excluding hydrogens is 222 g/mol. The van der Waals surface area contributed by atoms with Crippen molar-refractivity contribution in [2.45, 2.75) is 0 Å². The molecule has 0 spiro atoms. The van der Waals surface area contributed by atoms with Crippen molar-refractivity contribution in [3.63, 3.8) is 0 Å². The van der Waals surface area contributed by atoms with E-state index < -0.39 is 0 Å². The van der Waals surface area contributed by atoms with Gasteiger partial charge in [-0.15, -0.1) is 0 Å². The molecule has 0 saturated carbocycles. The number of anilines is 1. The van der Waals surface area contributed by atoms with Crippen LogP contribution in [0.4, 0.5) is 5.69 Å². The third-order valence-electron chi connectivity index (χ3n) is 2.53. The second kappa shape index (κ2) is 5.68. The van der Waals surface area contributed by atoms with Crippen LogP contribution in [0.5, 0.6) is 0 Å². The molecule has 0 heterocycles. The van der Waals surface area contributed by atoms with Crippen LogP contribution in [0.25, 0.3) is 6.08 Å². The van der Waals surface area contributed by atoms with Gasteiger partial charge in [-0.1, -0.05) is 48.5 Å². The quantitative estimate of drug-likeness (QED) is 0.489. The molecule has 0 aliphatic carbocycles. The first-order chi connectivity index (χ1) is 8.77. The molecule has 3 heteroatoms. The first-order valence-corrected chi connectivity index (χ1v) is 5.67. The summed E-state index contributed by atoms with van der Waals surface area (Å²) in [6, 6.07) is 17.2. The van der Waals surface area contributed by atoms with E-state index in [0.29, 0.717) is 5.84 Å². The second-order valence-corrected chi connectivity index (χ2v) is 3.83. The summed E-state index contributed by atoms with van der Waals surface area (Å²) in [4.78, 5) is 4.19. The Morgan fingerprint density at radius 1 is 0.944 bits per heavy atom. The molecule has 0 amide bonds. The van der Waals surface area contributed by atoms with Crippen LogP contribution in [0.3, 0.4) is 0 Å². The Labute approximate surface area is 106 Å². The number of hydrogen-bond acceptors (Lipinski definition) is 2. The number of nitrogens with two attached hydrogens (primary N) is 2. The largest absolute Gasteiger partial charge is 0.398 e. The maximum absolute atomic E-state index is 5.86. The van der Waals surface area contributed by atoms with Gasteiger partial charge in [0.15, 0.2) is 0 Å². The van der Waals surface area contributed by atoms with E-state index in [1.807, 2.05) is 60.7 Å². The molecule has 3 nitrogen and oxygen atoms in total. The molecule has 0 aliphatic rings. The van der Waals surface area contributed by atoms with Crippen LogP contribution in [0, 0.1) is 0 Å². The molecule has 2 aromatic rings. The maximum Gasteiger partial charge on any atom is 0.130 e. The first kappa shape index (κ1) is 11.9. The van der Waals surface area contributed by atoms with Crippen molar-refractivity contribution in [1.29, 1.82) is 0 Å². The Balaban J connectivity index is 2.14. The van der Waals surface area contributed by atoms with E-state index in [0.717, 1.165) is 16.8 Å². The van der Waals surface area contributed by atoms with Crippen LogP contribution in [-0.4, -0.2) is 5.84 Å². The van der Waals surface area contributed by atoms with Crippen LogP contribution >= 0.6 is 0 Å². The number of para-hydroxylation sites is 1. The molecule has 0 unspecified atom stereocenters. The van der Waals surface area contributed by atoms with Gasteiger partial charge < -0.3 is 11.5 Å². The fourth-order valence-electron chi connectivity index (χ4n) is 1.54. The number of benzene rings is 2. The fourth-order valence-corrected chi connectivity index (χ4v) is 1.54. The Morgan fingerprint density at radius 3 is 2.33 bits per heavy atom. The number of rotatable bonds is 3. The Kier molecular flexibility index (Phi) is 3.76. The minimum atomic E-state index is 0.487. The zero-order chi connectivity index (χ0) is 12.8. The van der Waals surface area contributed by atoms with Crippen LogP contribution < -0.4 is 11.5 Å². The summed E-state index contributed by atoms with van der Waals surface area (Å²) in [5.41, 5.74) is 14.2. The van der Waals surface area contributed by atoms with E-state index in [1.165, 1.54) is 0 Å². The Hall–Kier alpha value is -2.55. The minimum Gasteiger partial charge on any atom is -0.398 e. The number of hydrogen-bond donors (Lipinski definition) is 2. The highest BCUT2D eigenvalue weighted by Crippen LogP contribution is 2.12. The van der Waals surface area contributed by atoms with Gasteiger partial charge in [0.2, 0.25) is 0 Å². The van der Waals surface area contributed by atoms with Crippen molar-refractivity contribution in [3.8, 4) is 0 Å². The summed E-state index contributed by atoms with van der Waals surface area (Å²) >= 11 is 0. The van der Waals surface area contributed by atoms with Gasteiger partial charge in [0.25, 0.3) is 0 Å². The van der Waals surface area contributed by atoms with E-state index in [9.17, 15) is 0 Å². The van der Waals surface area contributed by atoms with Gasteiger partial charge in [-0.05, 0) is 17.7 Å². The van der Waals surface area contributed by atoms with Crippen molar-refractivity contribution < 1.29 is 0 Å². The van der Waals surface area contributed by atoms with Crippen LogP contribution in [0.15, 0.2) is 65.8 Å².